The molecule has 1 aliphatic carbocycles. The summed E-state index contributed by atoms with van der Waals surface area (Å²) in [7, 11) is 0. The largest absolute Gasteiger partial charge is 0.335 e. The van der Waals surface area contributed by atoms with Gasteiger partial charge in [-0.05, 0) is 19.3 Å². The van der Waals surface area contributed by atoms with Gasteiger partial charge in [0.1, 0.15) is 0 Å². The van der Waals surface area contributed by atoms with Crippen molar-refractivity contribution in [3.05, 3.63) is 12.3 Å². The van der Waals surface area contributed by atoms with E-state index in [-0.39, 0.29) is 6.03 Å². The van der Waals surface area contributed by atoms with E-state index in [4.69, 9.17) is 0 Å². The van der Waals surface area contributed by atoms with Gasteiger partial charge in [0, 0.05) is 12.2 Å². The third-order valence-corrected chi connectivity index (χ3v) is 2.51. The number of allylic oxidation sites excluding steroid dienone is 1. The Morgan fingerprint density at radius 1 is 1.36 bits per heavy atom. The number of nitrogens with one attached hydrogen (secondary N) is 2. The zero-order valence-electron chi connectivity index (χ0n) is 8.88. The fourth-order valence-corrected chi connectivity index (χ4v) is 1.73. The molecule has 0 aromatic heterocycles. The van der Waals surface area contributed by atoms with Crippen LogP contribution in [-0.4, -0.2) is 12.1 Å². The molecule has 0 radical (unpaired) electrons. The third kappa shape index (κ3) is 4.30. The van der Waals surface area contributed by atoms with Crippen LogP contribution < -0.4 is 10.6 Å². The van der Waals surface area contributed by atoms with Crippen molar-refractivity contribution in [1.29, 1.82) is 0 Å². The predicted molar refractivity (Wildman–Crippen MR) is 58.0 cm³/mol. The molecule has 3 nitrogen and oxygen atoms in total. The van der Waals surface area contributed by atoms with E-state index in [0.717, 1.165) is 19.3 Å². The molecule has 1 aliphatic rings. The molecule has 14 heavy (non-hydrogen) atoms. The van der Waals surface area contributed by atoms with Crippen molar-refractivity contribution in [3.63, 3.8) is 0 Å². The van der Waals surface area contributed by atoms with Crippen molar-refractivity contribution in [2.24, 2.45) is 0 Å². The molecule has 0 aromatic carbocycles. The van der Waals surface area contributed by atoms with Gasteiger partial charge in [-0.3, -0.25) is 0 Å². The van der Waals surface area contributed by atoms with Gasteiger partial charge in [-0.15, -0.1) is 0 Å². The molecule has 0 heterocycles. The van der Waals surface area contributed by atoms with Crippen LogP contribution in [0.25, 0.3) is 0 Å². The molecule has 80 valence electrons. The van der Waals surface area contributed by atoms with E-state index in [1.54, 1.807) is 6.20 Å². The Bertz CT molecular complexity index is 195. The normalized spacial score (nSPS) is 18.4. The smallest absolute Gasteiger partial charge is 0.318 e. The van der Waals surface area contributed by atoms with Gasteiger partial charge in [-0.1, -0.05) is 32.3 Å². The summed E-state index contributed by atoms with van der Waals surface area (Å²) in [6, 6.07) is 0.320. The molecular weight excluding hydrogens is 176 g/mol. The summed E-state index contributed by atoms with van der Waals surface area (Å²) >= 11 is 0. The number of hydrogen-bond acceptors (Lipinski definition) is 1. The first kappa shape index (κ1) is 11.1. The monoisotopic (exact) mass is 196 g/mol. The number of urea groups is 1. The molecule has 2 amide bonds. The van der Waals surface area contributed by atoms with E-state index >= 15 is 0 Å². The number of carbonyl (C=O) groups excluding carboxylic acids is 1. The van der Waals surface area contributed by atoms with Crippen LogP contribution in [0.2, 0.25) is 0 Å². The molecule has 1 rings (SSSR count). The molecule has 3 heteroatoms. The first-order valence-corrected chi connectivity index (χ1v) is 5.55. The van der Waals surface area contributed by atoms with Gasteiger partial charge in [0.2, 0.25) is 0 Å². The first-order chi connectivity index (χ1) is 6.83. The van der Waals surface area contributed by atoms with Gasteiger partial charge in [0.15, 0.2) is 0 Å². The fourth-order valence-electron chi connectivity index (χ4n) is 1.73. The van der Waals surface area contributed by atoms with Gasteiger partial charge in [-0.2, -0.15) is 0 Å². The van der Waals surface area contributed by atoms with Crippen LogP contribution in [0.4, 0.5) is 4.79 Å². The number of hydrogen-bond donors (Lipinski definition) is 2. The van der Waals surface area contributed by atoms with Gasteiger partial charge >= 0.3 is 6.03 Å². The lowest BCUT2D eigenvalue weighted by molar-refractivity contribution is 0.236. The highest BCUT2D eigenvalue weighted by Gasteiger charge is 2.14. The average Bonchev–Trinajstić information content (AvgIpc) is 2.20. The van der Waals surface area contributed by atoms with Crippen molar-refractivity contribution < 1.29 is 4.79 Å². The molecule has 0 saturated heterocycles. The maximum atomic E-state index is 11.3. The number of amides is 2. The van der Waals surface area contributed by atoms with E-state index in [9.17, 15) is 4.79 Å². The second-order valence-corrected chi connectivity index (χ2v) is 3.76. The van der Waals surface area contributed by atoms with E-state index in [1.807, 2.05) is 13.0 Å². The Hall–Kier alpha value is -0.990. The minimum atomic E-state index is -0.0680. The minimum absolute atomic E-state index is 0.0680. The first-order valence-electron chi connectivity index (χ1n) is 5.55. The van der Waals surface area contributed by atoms with E-state index in [0.29, 0.717) is 6.04 Å². The molecule has 2 N–H and O–H groups in total. The molecule has 1 fully saturated rings. The summed E-state index contributed by atoms with van der Waals surface area (Å²) < 4.78 is 0. The zero-order valence-corrected chi connectivity index (χ0v) is 8.88. The van der Waals surface area contributed by atoms with Crippen LogP contribution in [0.1, 0.15) is 45.4 Å². The van der Waals surface area contributed by atoms with Crippen LogP contribution in [0, 0.1) is 0 Å². The van der Waals surface area contributed by atoms with Gasteiger partial charge in [0.05, 0.1) is 0 Å². The highest BCUT2D eigenvalue weighted by atomic mass is 16.2. The van der Waals surface area contributed by atoms with Crippen molar-refractivity contribution in [1.82, 2.24) is 10.6 Å². The molecule has 0 aromatic rings. The Labute approximate surface area is 86.0 Å². The number of rotatable bonds is 3. The van der Waals surface area contributed by atoms with Crippen LogP contribution in [0.15, 0.2) is 12.3 Å². The van der Waals surface area contributed by atoms with Crippen molar-refractivity contribution in [2.75, 3.05) is 0 Å². The molecule has 0 unspecified atom stereocenters. The third-order valence-electron chi connectivity index (χ3n) is 2.51. The maximum absolute atomic E-state index is 11.3. The lowest BCUT2D eigenvalue weighted by Gasteiger charge is -2.22. The Kier molecular flexibility index (Phi) is 5.12. The topological polar surface area (TPSA) is 41.1 Å². The average molecular weight is 196 g/mol. The second-order valence-electron chi connectivity index (χ2n) is 3.76. The second kappa shape index (κ2) is 6.46. The molecule has 0 atom stereocenters. The lowest BCUT2D eigenvalue weighted by Crippen LogP contribution is -2.41. The van der Waals surface area contributed by atoms with Crippen molar-refractivity contribution in [3.8, 4) is 0 Å². The summed E-state index contributed by atoms with van der Waals surface area (Å²) in [4.78, 5) is 11.3. The van der Waals surface area contributed by atoms with E-state index < -0.39 is 0 Å². The predicted octanol–water partition coefficient (Wildman–Crippen LogP) is 2.54. The summed E-state index contributed by atoms with van der Waals surface area (Å²) in [5, 5.41) is 5.68. The molecule has 1 saturated carbocycles. The number of carbonyl (C=O) groups is 1. The molecule has 0 bridgehead atoms. The Morgan fingerprint density at radius 2 is 2.07 bits per heavy atom. The maximum Gasteiger partial charge on any atom is 0.318 e. The van der Waals surface area contributed by atoms with Gasteiger partial charge in [0.25, 0.3) is 0 Å². The summed E-state index contributed by atoms with van der Waals surface area (Å²) in [6.45, 7) is 2.04. The van der Waals surface area contributed by atoms with Crippen LogP contribution in [0.5, 0.6) is 0 Å². The fraction of sp³-hybridized carbons (Fsp3) is 0.727. The van der Waals surface area contributed by atoms with E-state index in [1.165, 1.54) is 19.3 Å². The Morgan fingerprint density at radius 3 is 2.71 bits per heavy atom. The SMILES string of the molecule is CC/C=C/NC(=O)NC1CCCCC1. The van der Waals surface area contributed by atoms with Gasteiger partial charge < -0.3 is 10.6 Å². The summed E-state index contributed by atoms with van der Waals surface area (Å²) in [6.07, 6.45) is 10.7. The highest BCUT2D eigenvalue weighted by molar-refractivity contribution is 5.75. The van der Waals surface area contributed by atoms with Crippen LogP contribution in [0.3, 0.4) is 0 Å². The van der Waals surface area contributed by atoms with E-state index in [2.05, 4.69) is 10.6 Å². The Balaban J connectivity index is 2.15. The molecule has 0 spiro atoms. The van der Waals surface area contributed by atoms with Crippen molar-refractivity contribution in [2.45, 2.75) is 51.5 Å². The summed E-state index contributed by atoms with van der Waals surface area (Å²) in [5.41, 5.74) is 0. The molecule has 0 aliphatic heterocycles. The standard InChI is InChI=1S/C11H20N2O/c1-2-3-9-12-11(14)13-10-7-5-4-6-8-10/h3,9-10H,2,4-8H2,1H3,(H2,12,13,14)/b9-3+. The quantitative estimate of drug-likeness (QED) is 0.715. The summed E-state index contributed by atoms with van der Waals surface area (Å²) in [5.74, 6) is 0. The lowest BCUT2D eigenvalue weighted by atomic mass is 9.96. The van der Waals surface area contributed by atoms with Crippen LogP contribution >= 0.6 is 0 Å². The zero-order chi connectivity index (χ0) is 10.2. The van der Waals surface area contributed by atoms with Crippen LogP contribution in [-0.2, 0) is 0 Å². The van der Waals surface area contributed by atoms with Gasteiger partial charge in [-0.25, -0.2) is 4.79 Å². The van der Waals surface area contributed by atoms with Crippen molar-refractivity contribution >= 4 is 6.03 Å². The minimum Gasteiger partial charge on any atom is -0.335 e. The highest BCUT2D eigenvalue weighted by Crippen LogP contribution is 2.16. The molecular formula is C11H20N2O.